The summed E-state index contributed by atoms with van der Waals surface area (Å²) in [7, 11) is 0. The molecule has 0 spiro atoms. The molecule has 2 aromatic heterocycles. The summed E-state index contributed by atoms with van der Waals surface area (Å²) in [4.78, 5) is 0. The fourth-order valence-corrected chi connectivity index (χ4v) is 1.64. The van der Waals surface area contributed by atoms with Crippen molar-refractivity contribution < 1.29 is 0 Å². The summed E-state index contributed by atoms with van der Waals surface area (Å²) in [5.74, 6) is 0. The molecule has 0 bridgehead atoms. The van der Waals surface area contributed by atoms with Gasteiger partial charge in [0.05, 0.1) is 4.47 Å². The molecule has 0 saturated heterocycles. The Labute approximate surface area is 79.7 Å². The Hall–Kier alpha value is -0.420. The molecule has 0 aromatic carbocycles. The van der Waals surface area contributed by atoms with Crippen molar-refractivity contribution in [3.05, 3.63) is 27.5 Å². The number of hydrogen-bond acceptors (Lipinski definition) is 2. The first kappa shape index (κ1) is 7.24. The highest BCUT2D eigenvalue weighted by Crippen LogP contribution is 2.17. The van der Waals surface area contributed by atoms with Gasteiger partial charge in [0.25, 0.3) is 0 Å². The molecule has 0 aliphatic heterocycles. The summed E-state index contributed by atoms with van der Waals surface area (Å²) in [5.41, 5.74) is 0.819. The maximum Gasteiger partial charge on any atom is 0.204 e. The van der Waals surface area contributed by atoms with E-state index in [9.17, 15) is 0 Å². The highest BCUT2D eigenvalue weighted by atomic mass is 79.9. The van der Waals surface area contributed by atoms with E-state index >= 15 is 0 Å². The van der Waals surface area contributed by atoms with Gasteiger partial charge in [-0.25, -0.2) is 0 Å². The summed E-state index contributed by atoms with van der Waals surface area (Å²) in [6.45, 7) is 0. The Morgan fingerprint density at radius 1 is 1.27 bits per heavy atom. The van der Waals surface area contributed by atoms with Crippen LogP contribution in [0.15, 0.2) is 27.5 Å². The van der Waals surface area contributed by atoms with Crippen LogP contribution in [-0.4, -0.2) is 14.6 Å². The lowest BCUT2D eigenvalue weighted by atomic mass is 10.5. The fourth-order valence-electron chi connectivity index (χ4n) is 0.855. The maximum atomic E-state index is 3.94. The lowest BCUT2D eigenvalue weighted by Gasteiger charge is -1.92. The van der Waals surface area contributed by atoms with Crippen LogP contribution in [0.25, 0.3) is 5.65 Å². The SMILES string of the molecule is Brc1cccn2c(Br)nnc12. The number of pyridine rings is 1. The molecule has 56 valence electrons. The minimum atomic E-state index is 0.716. The van der Waals surface area contributed by atoms with Crippen molar-refractivity contribution in [1.29, 1.82) is 0 Å². The Kier molecular flexibility index (Phi) is 1.69. The lowest BCUT2D eigenvalue weighted by molar-refractivity contribution is 1.05. The summed E-state index contributed by atoms with van der Waals surface area (Å²) in [5, 5.41) is 7.79. The van der Waals surface area contributed by atoms with Crippen molar-refractivity contribution in [1.82, 2.24) is 14.6 Å². The molecule has 0 N–H and O–H groups in total. The van der Waals surface area contributed by atoms with Crippen LogP contribution in [0.1, 0.15) is 0 Å². The van der Waals surface area contributed by atoms with Gasteiger partial charge in [0.1, 0.15) is 0 Å². The molecule has 0 atom stereocenters. The number of aromatic nitrogens is 3. The number of fused-ring (bicyclic) bond motifs is 1. The number of halogens is 2. The smallest absolute Gasteiger partial charge is 0.204 e. The Morgan fingerprint density at radius 2 is 2.09 bits per heavy atom. The Morgan fingerprint density at radius 3 is 2.82 bits per heavy atom. The fraction of sp³-hybridized carbons (Fsp3) is 0. The van der Waals surface area contributed by atoms with Crippen LogP contribution in [-0.2, 0) is 0 Å². The van der Waals surface area contributed by atoms with Gasteiger partial charge < -0.3 is 0 Å². The summed E-state index contributed by atoms with van der Waals surface area (Å²) < 4.78 is 3.51. The molecule has 2 heterocycles. The van der Waals surface area contributed by atoms with E-state index in [-0.39, 0.29) is 0 Å². The molecule has 0 saturated carbocycles. The third kappa shape index (κ3) is 1.08. The summed E-state index contributed by atoms with van der Waals surface area (Å²) >= 11 is 6.64. The van der Waals surface area contributed by atoms with Gasteiger partial charge in [0.15, 0.2) is 5.65 Å². The van der Waals surface area contributed by atoms with Crippen LogP contribution in [0, 0.1) is 0 Å². The zero-order chi connectivity index (χ0) is 7.84. The molecule has 2 aromatic rings. The van der Waals surface area contributed by atoms with E-state index < -0.39 is 0 Å². The van der Waals surface area contributed by atoms with Crippen LogP contribution < -0.4 is 0 Å². The predicted molar refractivity (Wildman–Crippen MR) is 48.4 cm³/mol. The van der Waals surface area contributed by atoms with Crippen molar-refractivity contribution in [3.63, 3.8) is 0 Å². The van der Waals surface area contributed by atoms with Crippen molar-refractivity contribution >= 4 is 37.5 Å². The van der Waals surface area contributed by atoms with Gasteiger partial charge in [-0.15, -0.1) is 10.2 Å². The average Bonchev–Trinajstić information content (AvgIpc) is 2.35. The van der Waals surface area contributed by atoms with Gasteiger partial charge in [-0.05, 0) is 44.0 Å². The van der Waals surface area contributed by atoms with Gasteiger partial charge in [-0.2, -0.15) is 0 Å². The highest BCUT2D eigenvalue weighted by Gasteiger charge is 2.02. The van der Waals surface area contributed by atoms with Gasteiger partial charge in [-0.1, -0.05) is 0 Å². The van der Waals surface area contributed by atoms with E-state index in [0.29, 0.717) is 4.73 Å². The Balaban J connectivity index is 2.94. The lowest BCUT2D eigenvalue weighted by Crippen LogP contribution is -1.83. The molecule has 2 rings (SSSR count). The zero-order valence-electron chi connectivity index (χ0n) is 5.33. The molecular weight excluding hydrogens is 274 g/mol. The van der Waals surface area contributed by atoms with Crippen molar-refractivity contribution in [2.75, 3.05) is 0 Å². The van der Waals surface area contributed by atoms with E-state index in [1.807, 2.05) is 22.7 Å². The number of nitrogens with zero attached hydrogens (tertiary/aromatic N) is 3. The van der Waals surface area contributed by atoms with Crippen molar-refractivity contribution in [2.24, 2.45) is 0 Å². The van der Waals surface area contributed by atoms with Crippen LogP contribution >= 0.6 is 31.9 Å². The average molecular weight is 277 g/mol. The van der Waals surface area contributed by atoms with E-state index in [2.05, 4.69) is 42.1 Å². The minimum absolute atomic E-state index is 0.716. The topological polar surface area (TPSA) is 30.2 Å². The quantitative estimate of drug-likeness (QED) is 0.739. The molecule has 3 nitrogen and oxygen atoms in total. The maximum absolute atomic E-state index is 3.94. The molecule has 0 aliphatic rings. The first-order valence-corrected chi connectivity index (χ1v) is 4.52. The van der Waals surface area contributed by atoms with Gasteiger partial charge >= 0.3 is 0 Å². The predicted octanol–water partition coefficient (Wildman–Crippen LogP) is 2.25. The monoisotopic (exact) mass is 275 g/mol. The van der Waals surface area contributed by atoms with Gasteiger partial charge in [0.2, 0.25) is 4.73 Å². The second kappa shape index (κ2) is 2.57. The standard InChI is InChI=1S/C6H3Br2N3/c7-4-2-1-3-11-5(4)9-10-6(11)8/h1-3H. The minimum Gasteiger partial charge on any atom is -0.276 e. The first-order chi connectivity index (χ1) is 5.29. The Bertz CT molecular complexity index is 396. The number of hydrogen-bond donors (Lipinski definition) is 0. The van der Waals surface area contributed by atoms with Gasteiger partial charge in [-0.3, -0.25) is 4.40 Å². The first-order valence-electron chi connectivity index (χ1n) is 2.94. The van der Waals surface area contributed by atoms with E-state index in [4.69, 9.17) is 0 Å². The van der Waals surface area contributed by atoms with Crippen LogP contribution in [0.5, 0.6) is 0 Å². The van der Waals surface area contributed by atoms with Gasteiger partial charge in [0, 0.05) is 6.20 Å². The molecule has 5 heteroatoms. The largest absolute Gasteiger partial charge is 0.276 e. The van der Waals surface area contributed by atoms with Crippen molar-refractivity contribution in [3.8, 4) is 0 Å². The molecular formula is C6H3Br2N3. The molecule has 0 amide bonds. The summed E-state index contributed by atoms with van der Waals surface area (Å²) in [6.07, 6.45) is 1.89. The third-order valence-electron chi connectivity index (χ3n) is 1.35. The molecule has 0 unspecified atom stereocenters. The second-order valence-corrected chi connectivity index (χ2v) is 3.58. The van der Waals surface area contributed by atoms with Crippen LogP contribution in [0.3, 0.4) is 0 Å². The van der Waals surface area contributed by atoms with E-state index in [0.717, 1.165) is 10.1 Å². The zero-order valence-corrected chi connectivity index (χ0v) is 8.50. The number of rotatable bonds is 0. The summed E-state index contributed by atoms with van der Waals surface area (Å²) in [6, 6.07) is 3.85. The van der Waals surface area contributed by atoms with Crippen LogP contribution in [0.2, 0.25) is 0 Å². The van der Waals surface area contributed by atoms with E-state index in [1.54, 1.807) is 0 Å². The highest BCUT2D eigenvalue weighted by molar-refractivity contribution is 9.11. The van der Waals surface area contributed by atoms with Crippen LogP contribution in [0.4, 0.5) is 0 Å². The third-order valence-corrected chi connectivity index (χ3v) is 2.51. The molecule has 0 radical (unpaired) electrons. The normalized spacial score (nSPS) is 10.7. The molecule has 0 aliphatic carbocycles. The second-order valence-electron chi connectivity index (χ2n) is 2.02. The molecule has 11 heavy (non-hydrogen) atoms. The van der Waals surface area contributed by atoms with Crippen molar-refractivity contribution in [2.45, 2.75) is 0 Å². The van der Waals surface area contributed by atoms with E-state index in [1.165, 1.54) is 0 Å². The molecule has 0 fully saturated rings.